The van der Waals surface area contributed by atoms with Gasteiger partial charge < -0.3 is 5.32 Å². The first-order valence-electron chi connectivity index (χ1n) is 4.27. The third-order valence-electron chi connectivity index (χ3n) is 1.66. The van der Waals surface area contributed by atoms with Gasteiger partial charge in [-0.05, 0) is 12.1 Å². The first-order chi connectivity index (χ1) is 6.77. The molecular formula is C10H11NO2S. The molecule has 1 N–H and O–H groups in total. The molecule has 0 aromatic heterocycles. The van der Waals surface area contributed by atoms with Gasteiger partial charge >= 0.3 is 0 Å². The second kappa shape index (κ2) is 5.44. The normalized spacial score (nSPS) is 9.50. The zero-order valence-electron chi connectivity index (χ0n) is 7.82. The van der Waals surface area contributed by atoms with Gasteiger partial charge in [-0.25, -0.2) is 0 Å². The SMILES string of the molecule is CCC(=O)Nc1ccccc1SC=O. The zero-order chi connectivity index (χ0) is 10.4. The van der Waals surface area contributed by atoms with Crippen LogP contribution < -0.4 is 5.32 Å². The van der Waals surface area contributed by atoms with Crippen LogP contribution in [0.3, 0.4) is 0 Å². The van der Waals surface area contributed by atoms with E-state index in [-0.39, 0.29) is 5.91 Å². The van der Waals surface area contributed by atoms with Gasteiger partial charge in [-0.3, -0.25) is 9.59 Å². The average Bonchev–Trinajstić information content (AvgIpc) is 2.21. The molecule has 0 aliphatic rings. The van der Waals surface area contributed by atoms with E-state index in [1.54, 1.807) is 19.1 Å². The standard InChI is InChI=1S/C10H11NO2S/c1-2-10(13)11-8-5-3-4-6-9(8)14-7-12/h3-7H,2H2,1H3,(H,11,13). The monoisotopic (exact) mass is 209 g/mol. The van der Waals surface area contributed by atoms with Gasteiger partial charge in [0.15, 0.2) is 5.62 Å². The van der Waals surface area contributed by atoms with Crippen LogP contribution in [0.25, 0.3) is 0 Å². The molecule has 14 heavy (non-hydrogen) atoms. The summed E-state index contributed by atoms with van der Waals surface area (Å²) in [6, 6.07) is 7.22. The minimum Gasteiger partial charge on any atom is -0.325 e. The minimum absolute atomic E-state index is 0.0519. The third-order valence-corrected chi connectivity index (χ3v) is 2.36. The molecule has 0 unspecified atom stereocenters. The number of rotatable bonds is 4. The summed E-state index contributed by atoms with van der Waals surface area (Å²) in [5, 5.41) is 2.73. The maximum Gasteiger partial charge on any atom is 0.224 e. The zero-order valence-corrected chi connectivity index (χ0v) is 8.64. The quantitative estimate of drug-likeness (QED) is 0.611. The Kier molecular flexibility index (Phi) is 4.19. The molecule has 1 aromatic rings. The van der Waals surface area contributed by atoms with Gasteiger partial charge in [-0.2, -0.15) is 0 Å². The molecule has 1 amide bonds. The Labute approximate surface area is 86.9 Å². The van der Waals surface area contributed by atoms with Crippen LogP contribution >= 0.6 is 11.8 Å². The van der Waals surface area contributed by atoms with E-state index in [9.17, 15) is 9.59 Å². The molecule has 0 aliphatic carbocycles. The lowest BCUT2D eigenvalue weighted by molar-refractivity contribution is -0.115. The Morgan fingerprint density at radius 1 is 1.50 bits per heavy atom. The number of benzene rings is 1. The van der Waals surface area contributed by atoms with E-state index in [2.05, 4.69) is 5.32 Å². The van der Waals surface area contributed by atoms with Gasteiger partial charge in [0.2, 0.25) is 5.91 Å². The highest BCUT2D eigenvalue weighted by Gasteiger charge is 2.04. The fourth-order valence-corrected chi connectivity index (χ4v) is 1.47. The number of hydrogen-bond donors (Lipinski definition) is 1. The van der Waals surface area contributed by atoms with Crippen LogP contribution in [0.2, 0.25) is 0 Å². The fourth-order valence-electron chi connectivity index (χ4n) is 0.963. The van der Waals surface area contributed by atoms with Gasteiger partial charge in [0, 0.05) is 11.3 Å². The molecule has 1 rings (SSSR count). The maximum absolute atomic E-state index is 11.1. The van der Waals surface area contributed by atoms with E-state index in [0.717, 1.165) is 22.3 Å². The molecule has 0 heterocycles. The lowest BCUT2D eigenvalue weighted by atomic mass is 10.3. The number of para-hydroxylation sites is 1. The van der Waals surface area contributed by atoms with Gasteiger partial charge in [-0.1, -0.05) is 30.8 Å². The summed E-state index contributed by atoms with van der Waals surface area (Å²) in [7, 11) is 0. The first-order valence-corrected chi connectivity index (χ1v) is 5.15. The molecule has 4 heteroatoms. The molecular weight excluding hydrogens is 198 g/mol. The molecule has 0 aliphatic heterocycles. The Morgan fingerprint density at radius 3 is 2.86 bits per heavy atom. The number of anilines is 1. The summed E-state index contributed by atoms with van der Waals surface area (Å²) >= 11 is 1.06. The first kappa shape index (κ1) is 10.8. The topological polar surface area (TPSA) is 46.2 Å². The van der Waals surface area contributed by atoms with Gasteiger partial charge in [0.25, 0.3) is 0 Å². The van der Waals surface area contributed by atoms with Crippen LogP contribution in [0.1, 0.15) is 13.3 Å². The fraction of sp³-hybridized carbons (Fsp3) is 0.200. The van der Waals surface area contributed by atoms with E-state index in [1.807, 2.05) is 12.1 Å². The van der Waals surface area contributed by atoms with Crippen LogP contribution in [0.4, 0.5) is 5.69 Å². The van der Waals surface area contributed by atoms with Gasteiger partial charge in [-0.15, -0.1) is 0 Å². The molecule has 0 saturated carbocycles. The molecule has 3 nitrogen and oxygen atoms in total. The van der Waals surface area contributed by atoms with Crippen molar-refractivity contribution in [3.63, 3.8) is 0 Å². The van der Waals surface area contributed by atoms with Crippen LogP contribution in [-0.4, -0.2) is 11.5 Å². The van der Waals surface area contributed by atoms with E-state index >= 15 is 0 Å². The highest BCUT2D eigenvalue weighted by molar-refractivity contribution is 8.12. The molecule has 0 fully saturated rings. The Morgan fingerprint density at radius 2 is 2.21 bits per heavy atom. The Hall–Kier alpha value is -1.29. The van der Waals surface area contributed by atoms with Crippen molar-refractivity contribution < 1.29 is 9.59 Å². The second-order valence-electron chi connectivity index (χ2n) is 2.61. The number of hydrogen-bond acceptors (Lipinski definition) is 3. The van der Waals surface area contributed by atoms with Crippen molar-refractivity contribution in [1.29, 1.82) is 0 Å². The van der Waals surface area contributed by atoms with Crippen molar-refractivity contribution >= 4 is 29.0 Å². The third kappa shape index (κ3) is 2.88. The van der Waals surface area contributed by atoms with Crippen molar-refractivity contribution in [3.8, 4) is 0 Å². The summed E-state index contributed by atoms with van der Waals surface area (Å²) in [6.07, 6.45) is 0.431. The van der Waals surface area contributed by atoms with Gasteiger partial charge in [0.05, 0.1) is 5.69 Å². The maximum atomic E-state index is 11.1. The summed E-state index contributed by atoms with van der Waals surface area (Å²) < 4.78 is 0. The summed E-state index contributed by atoms with van der Waals surface area (Å²) in [5.41, 5.74) is 1.44. The number of thioether (sulfide) groups is 1. The molecule has 0 spiro atoms. The highest BCUT2D eigenvalue weighted by atomic mass is 32.2. The second-order valence-corrected chi connectivity index (χ2v) is 3.48. The summed E-state index contributed by atoms with van der Waals surface area (Å²) in [6.45, 7) is 1.78. The van der Waals surface area contributed by atoms with Crippen LogP contribution in [0.15, 0.2) is 29.2 Å². The summed E-state index contributed by atoms with van der Waals surface area (Å²) in [5.74, 6) is -0.0519. The van der Waals surface area contributed by atoms with E-state index < -0.39 is 0 Å². The predicted octanol–water partition coefficient (Wildman–Crippen LogP) is 2.32. The van der Waals surface area contributed by atoms with Crippen LogP contribution in [0.5, 0.6) is 0 Å². The van der Waals surface area contributed by atoms with E-state index in [1.165, 1.54) is 0 Å². The largest absolute Gasteiger partial charge is 0.325 e. The van der Waals surface area contributed by atoms with Crippen molar-refractivity contribution in [1.82, 2.24) is 0 Å². The number of carbonyl (C=O) groups is 2. The van der Waals surface area contributed by atoms with Crippen molar-refractivity contribution in [2.24, 2.45) is 0 Å². The van der Waals surface area contributed by atoms with Gasteiger partial charge in [0.1, 0.15) is 0 Å². The molecule has 0 atom stereocenters. The molecule has 1 aromatic carbocycles. The van der Waals surface area contributed by atoms with E-state index in [4.69, 9.17) is 0 Å². The molecule has 0 bridgehead atoms. The van der Waals surface area contributed by atoms with E-state index in [0.29, 0.717) is 12.1 Å². The molecule has 0 saturated heterocycles. The minimum atomic E-state index is -0.0519. The molecule has 74 valence electrons. The number of carbonyl (C=O) groups excluding carboxylic acids is 2. The highest BCUT2D eigenvalue weighted by Crippen LogP contribution is 2.24. The van der Waals surface area contributed by atoms with Crippen LogP contribution in [-0.2, 0) is 9.59 Å². The Bertz CT molecular complexity index is 339. The number of amides is 1. The van der Waals surface area contributed by atoms with Crippen molar-refractivity contribution in [3.05, 3.63) is 24.3 Å². The smallest absolute Gasteiger partial charge is 0.224 e. The van der Waals surface area contributed by atoms with Crippen molar-refractivity contribution in [2.75, 3.05) is 5.32 Å². The predicted molar refractivity (Wildman–Crippen MR) is 58.0 cm³/mol. The Balaban J connectivity index is 2.83. The van der Waals surface area contributed by atoms with Crippen LogP contribution in [0, 0.1) is 0 Å². The molecule has 0 radical (unpaired) electrons. The lowest BCUT2D eigenvalue weighted by Gasteiger charge is -2.06. The average molecular weight is 209 g/mol. The number of nitrogens with one attached hydrogen (secondary N) is 1. The summed E-state index contributed by atoms with van der Waals surface area (Å²) in [4.78, 5) is 22.2. The lowest BCUT2D eigenvalue weighted by Crippen LogP contribution is -2.09. The van der Waals surface area contributed by atoms with Crippen molar-refractivity contribution in [2.45, 2.75) is 18.2 Å².